The fourth-order valence-corrected chi connectivity index (χ4v) is 6.40. The third-order valence-electron chi connectivity index (χ3n) is 5.26. The van der Waals surface area contributed by atoms with Gasteiger partial charge in [-0.25, -0.2) is 14.3 Å². The molecule has 1 heterocycles. The van der Waals surface area contributed by atoms with E-state index in [0.29, 0.717) is 63.9 Å². The van der Waals surface area contributed by atoms with Gasteiger partial charge in [0.2, 0.25) is 0 Å². The van der Waals surface area contributed by atoms with Gasteiger partial charge in [-0.05, 0) is 50.2 Å². The SMILES string of the molecule is CS(=O)(=O)OCCCCN(CCCCOS(C)(=O)=O)P1(=O)NCc2cc(CCCC(=O)O)ccc2O1. The molecule has 0 aromatic heterocycles. The molecule has 0 saturated heterocycles. The van der Waals surface area contributed by atoms with Crippen LogP contribution in [0.2, 0.25) is 0 Å². The molecule has 0 aliphatic carbocycles. The highest BCUT2D eigenvalue weighted by Crippen LogP contribution is 2.51. The maximum atomic E-state index is 13.7. The number of hydrogen-bond acceptors (Lipinski definition) is 9. The smallest absolute Gasteiger partial charge is 0.393 e. The zero-order chi connectivity index (χ0) is 26.8. The van der Waals surface area contributed by atoms with Crippen LogP contribution in [0, 0.1) is 0 Å². The fraction of sp³-hybridized carbons (Fsp3) is 0.667. The van der Waals surface area contributed by atoms with E-state index in [1.54, 1.807) is 10.7 Å². The van der Waals surface area contributed by atoms with E-state index in [9.17, 15) is 26.2 Å². The van der Waals surface area contributed by atoms with E-state index in [2.05, 4.69) is 5.09 Å². The first kappa shape index (κ1) is 30.7. The molecule has 0 fully saturated rings. The zero-order valence-electron chi connectivity index (χ0n) is 20.5. The number of carboxylic acid groups (broad SMARTS) is 1. The van der Waals surface area contributed by atoms with Gasteiger partial charge < -0.3 is 9.63 Å². The van der Waals surface area contributed by atoms with Crippen molar-refractivity contribution in [2.75, 3.05) is 38.8 Å². The molecule has 1 aromatic rings. The van der Waals surface area contributed by atoms with Gasteiger partial charge in [0, 0.05) is 31.6 Å². The van der Waals surface area contributed by atoms with Crippen LogP contribution in [0.5, 0.6) is 5.75 Å². The van der Waals surface area contributed by atoms with Gasteiger partial charge in [-0.15, -0.1) is 0 Å². The van der Waals surface area contributed by atoms with Crippen LogP contribution in [0.1, 0.15) is 49.7 Å². The number of aliphatic carboxylic acids is 1. The molecule has 2 N–H and O–H groups in total. The Labute approximate surface area is 213 Å². The summed E-state index contributed by atoms with van der Waals surface area (Å²) in [4.78, 5) is 10.7. The fourth-order valence-electron chi connectivity index (χ4n) is 3.56. The summed E-state index contributed by atoms with van der Waals surface area (Å²) in [5.41, 5.74) is 1.78. The van der Waals surface area contributed by atoms with Crippen molar-refractivity contribution in [3.63, 3.8) is 0 Å². The Morgan fingerprint density at radius 1 is 1.03 bits per heavy atom. The molecule has 1 aliphatic heterocycles. The van der Waals surface area contributed by atoms with Crippen molar-refractivity contribution in [1.82, 2.24) is 9.76 Å². The van der Waals surface area contributed by atoms with E-state index < -0.39 is 33.9 Å². The number of aryl methyl sites for hydroxylation is 1. The Bertz CT molecular complexity index is 1100. The number of fused-ring (bicyclic) bond motifs is 1. The minimum atomic E-state index is -3.53. The summed E-state index contributed by atoms with van der Waals surface area (Å²) in [7, 11) is -10.5. The first-order valence-electron chi connectivity index (χ1n) is 11.6. The third kappa shape index (κ3) is 11.7. The normalized spacial score (nSPS) is 18.1. The van der Waals surface area contributed by atoms with Crippen molar-refractivity contribution < 1.29 is 44.2 Å². The largest absolute Gasteiger partial charge is 0.481 e. The molecule has 2 rings (SSSR count). The lowest BCUT2D eigenvalue weighted by Gasteiger charge is -2.35. The molecule has 1 aromatic carbocycles. The van der Waals surface area contributed by atoms with Gasteiger partial charge in [0.15, 0.2) is 0 Å². The second kappa shape index (κ2) is 13.8. The quantitative estimate of drug-likeness (QED) is 0.160. The van der Waals surface area contributed by atoms with Gasteiger partial charge in [0.05, 0.1) is 25.7 Å². The lowest BCUT2D eigenvalue weighted by atomic mass is 10.0. The molecule has 0 amide bonds. The Balaban J connectivity index is 2.01. The molecule has 0 radical (unpaired) electrons. The maximum Gasteiger partial charge on any atom is 0.393 e. The minimum Gasteiger partial charge on any atom is -0.481 e. The number of nitrogens with zero attached hydrogens (tertiary/aromatic N) is 1. The van der Waals surface area contributed by atoms with Crippen molar-refractivity contribution in [2.24, 2.45) is 0 Å². The summed E-state index contributed by atoms with van der Waals surface area (Å²) in [6.07, 6.45) is 5.01. The molecule has 0 spiro atoms. The molecule has 12 nitrogen and oxygen atoms in total. The van der Waals surface area contributed by atoms with Crippen LogP contribution >= 0.6 is 7.67 Å². The van der Waals surface area contributed by atoms with E-state index in [1.165, 1.54) is 0 Å². The maximum absolute atomic E-state index is 13.7. The minimum absolute atomic E-state index is 0.0148. The van der Waals surface area contributed by atoms with Gasteiger partial charge in [-0.2, -0.15) is 16.8 Å². The van der Waals surface area contributed by atoms with Gasteiger partial charge in [-0.1, -0.05) is 12.1 Å². The molecule has 15 heteroatoms. The van der Waals surface area contributed by atoms with Gasteiger partial charge in [0.25, 0.3) is 20.2 Å². The summed E-state index contributed by atoms with van der Waals surface area (Å²) in [5, 5.41) is 11.8. The molecule has 206 valence electrons. The molecular formula is C21H35N2O10PS2. The Hall–Kier alpha value is -1.54. The molecular weight excluding hydrogens is 535 g/mol. The van der Waals surface area contributed by atoms with E-state index in [-0.39, 0.29) is 19.6 Å². The number of hydrogen-bond donors (Lipinski definition) is 2. The van der Waals surface area contributed by atoms with Crippen LogP contribution in [0.4, 0.5) is 0 Å². The summed E-state index contributed by atoms with van der Waals surface area (Å²) >= 11 is 0. The van der Waals surface area contributed by atoms with Crippen molar-refractivity contribution in [3.05, 3.63) is 29.3 Å². The highest BCUT2D eigenvalue weighted by molar-refractivity contribution is 7.86. The van der Waals surface area contributed by atoms with Crippen molar-refractivity contribution in [3.8, 4) is 5.75 Å². The van der Waals surface area contributed by atoms with Crippen LogP contribution in [-0.2, 0) is 50.9 Å². The Morgan fingerprint density at radius 2 is 1.61 bits per heavy atom. The van der Waals surface area contributed by atoms with Crippen LogP contribution < -0.4 is 9.61 Å². The van der Waals surface area contributed by atoms with Crippen molar-refractivity contribution in [1.29, 1.82) is 0 Å². The average molecular weight is 571 g/mol. The lowest BCUT2D eigenvalue weighted by Crippen LogP contribution is -2.35. The molecule has 1 atom stereocenters. The number of carboxylic acids is 1. The monoisotopic (exact) mass is 570 g/mol. The second-order valence-electron chi connectivity index (χ2n) is 8.56. The van der Waals surface area contributed by atoms with E-state index in [4.69, 9.17) is 18.0 Å². The van der Waals surface area contributed by atoms with Gasteiger partial charge >= 0.3 is 13.6 Å². The number of rotatable bonds is 17. The Morgan fingerprint density at radius 3 is 2.14 bits per heavy atom. The summed E-state index contributed by atoms with van der Waals surface area (Å²) < 4.78 is 75.4. The van der Waals surface area contributed by atoms with E-state index >= 15 is 0 Å². The van der Waals surface area contributed by atoms with Crippen LogP contribution in [0.3, 0.4) is 0 Å². The summed E-state index contributed by atoms with van der Waals surface area (Å²) in [6.45, 7) is 1.01. The standard InChI is InChI=1S/C21H35N2O10PS2/c1-35(27,28)31-14-5-3-12-23(13-4-6-15-32-36(2,29)30)34(26)22-17-19-16-18(8-7-9-21(24)25)10-11-20(19)33-34/h10-11,16H,3-9,12-15,17H2,1-2H3,(H,22,26)(H,24,25). The van der Waals surface area contributed by atoms with Gasteiger partial charge in [-0.3, -0.25) is 13.2 Å². The lowest BCUT2D eigenvalue weighted by molar-refractivity contribution is -0.137. The Kier molecular flexibility index (Phi) is 11.8. The predicted octanol–water partition coefficient (Wildman–Crippen LogP) is 2.50. The molecule has 36 heavy (non-hydrogen) atoms. The van der Waals surface area contributed by atoms with Crippen molar-refractivity contribution in [2.45, 2.75) is 51.5 Å². The summed E-state index contributed by atoms with van der Waals surface area (Å²) in [6, 6.07) is 5.46. The van der Waals surface area contributed by atoms with E-state index in [0.717, 1.165) is 23.6 Å². The molecule has 0 bridgehead atoms. The first-order valence-corrected chi connectivity index (χ1v) is 16.8. The second-order valence-corrected chi connectivity index (χ2v) is 13.9. The summed E-state index contributed by atoms with van der Waals surface area (Å²) in [5.74, 6) is -0.366. The third-order valence-corrected chi connectivity index (χ3v) is 8.60. The molecule has 1 unspecified atom stereocenters. The van der Waals surface area contributed by atoms with Gasteiger partial charge in [0.1, 0.15) is 5.75 Å². The number of carbonyl (C=O) groups is 1. The number of benzene rings is 1. The van der Waals surface area contributed by atoms with Crippen LogP contribution in [0.15, 0.2) is 18.2 Å². The van der Waals surface area contributed by atoms with Crippen LogP contribution in [-0.4, -0.2) is 71.4 Å². The molecule has 0 saturated carbocycles. The topological polar surface area (TPSA) is 166 Å². The average Bonchev–Trinajstić information content (AvgIpc) is 2.75. The predicted molar refractivity (Wildman–Crippen MR) is 134 cm³/mol. The van der Waals surface area contributed by atoms with Crippen LogP contribution in [0.25, 0.3) is 0 Å². The highest BCUT2D eigenvalue weighted by atomic mass is 32.2. The number of nitrogens with one attached hydrogen (secondary N) is 1. The highest BCUT2D eigenvalue weighted by Gasteiger charge is 2.36. The van der Waals surface area contributed by atoms with Crippen molar-refractivity contribution >= 4 is 33.9 Å². The van der Waals surface area contributed by atoms with E-state index in [1.807, 2.05) is 12.1 Å². The molecule has 1 aliphatic rings. The zero-order valence-corrected chi connectivity index (χ0v) is 23.1. The number of unbranched alkanes of at least 4 members (excludes halogenated alkanes) is 2. The first-order chi connectivity index (χ1) is 16.8.